The first-order valence-corrected chi connectivity index (χ1v) is 9.90. The van der Waals surface area contributed by atoms with Gasteiger partial charge >= 0.3 is 0 Å². The molecule has 2 atom stereocenters. The minimum absolute atomic E-state index is 0.0475. The van der Waals surface area contributed by atoms with Gasteiger partial charge in [0.2, 0.25) is 8.32 Å². The quantitative estimate of drug-likeness (QED) is 0.457. The molecule has 0 aliphatic carbocycles. The van der Waals surface area contributed by atoms with Crippen molar-refractivity contribution < 1.29 is 9.22 Å². The van der Waals surface area contributed by atoms with Crippen molar-refractivity contribution >= 4 is 14.2 Å². The van der Waals surface area contributed by atoms with E-state index in [1.807, 2.05) is 0 Å². The molecule has 0 spiro atoms. The van der Waals surface area contributed by atoms with Crippen LogP contribution in [0.1, 0.15) is 55.4 Å². The van der Waals surface area contributed by atoms with Crippen molar-refractivity contribution in [3.63, 3.8) is 0 Å². The highest BCUT2D eigenvalue weighted by molar-refractivity contribution is 6.77. The Balaban J connectivity index is 3.01. The Hall–Kier alpha value is -0.613. The second-order valence-electron chi connectivity index (χ2n) is 7.13. The smallest absolute Gasteiger partial charge is 0.250 e. The lowest BCUT2D eigenvalue weighted by Gasteiger charge is -2.48. The second-order valence-corrected chi connectivity index (χ2v) is 12.5. The third-order valence-corrected chi connectivity index (χ3v) is 10.5. The number of rotatable bonds is 6. The first-order chi connectivity index (χ1) is 9.12. The standard InChI is InChI=1S/C16H31NO2Si/c1-10(2)9-14-15(16(18)17-14)19-20(11(3)4,12(5)6)13(7)8/h9,11-15H,1-8H3,(H,17,18). The molecule has 4 heteroatoms. The molecule has 1 fully saturated rings. The monoisotopic (exact) mass is 297 g/mol. The fraction of sp³-hybridized carbons (Fsp3) is 0.812. The van der Waals surface area contributed by atoms with Gasteiger partial charge in [-0.2, -0.15) is 0 Å². The van der Waals surface area contributed by atoms with Crippen LogP contribution in [0, 0.1) is 0 Å². The van der Waals surface area contributed by atoms with Crippen LogP contribution < -0.4 is 5.32 Å². The second kappa shape index (κ2) is 6.44. The zero-order chi connectivity index (χ0) is 15.7. The Morgan fingerprint density at radius 2 is 1.55 bits per heavy atom. The van der Waals surface area contributed by atoms with Crippen LogP contribution >= 0.6 is 0 Å². The summed E-state index contributed by atoms with van der Waals surface area (Å²) in [6.45, 7) is 17.6. The molecule has 1 rings (SSSR count). The SMILES string of the molecule is CC(C)=CC1NC(=O)C1O[Si](C(C)C)(C(C)C)C(C)C. The summed E-state index contributed by atoms with van der Waals surface area (Å²) in [5.74, 6) is 0.0475. The summed E-state index contributed by atoms with van der Waals surface area (Å²) >= 11 is 0. The van der Waals surface area contributed by atoms with Crippen molar-refractivity contribution in [1.29, 1.82) is 0 Å². The van der Waals surface area contributed by atoms with Crippen molar-refractivity contribution in [2.24, 2.45) is 0 Å². The molecule has 3 nitrogen and oxygen atoms in total. The topological polar surface area (TPSA) is 38.3 Å². The minimum Gasteiger partial charge on any atom is -0.402 e. The first kappa shape index (κ1) is 17.4. The van der Waals surface area contributed by atoms with Crippen LogP contribution in [0.15, 0.2) is 11.6 Å². The summed E-state index contributed by atoms with van der Waals surface area (Å²) in [7, 11) is -1.99. The molecular formula is C16H31NO2Si. The fourth-order valence-corrected chi connectivity index (χ4v) is 9.14. The lowest BCUT2D eigenvalue weighted by Crippen LogP contribution is -2.67. The van der Waals surface area contributed by atoms with Crippen molar-refractivity contribution in [2.75, 3.05) is 0 Å². The number of hydrogen-bond donors (Lipinski definition) is 1. The normalized spacial score (nSPS) is 23.1. The third kappa shape index (κ3) is 3.17. The van der Waals surface area contributed by atoms with E-state index in [4.69, 9.17) is 4.43 Å². The number of carbonyl (C=O) groups is 1. The molecule has 1 saturated heterocycles. The van der Waals surface area contributed by atoms with Crippen molar-refractivity contribution in [3.8, 4) is 0 Å². The van der Waals surface area contributed by atoms with Gasteiger partial charge in [-0.1, -0.05) is 53.2 Å². The lowest BCUT2D eigenvalue weighted by atomic mass is 10.0. The van der Waals surface area contributed by atoms with E-state index < -0.39 is 8.32 Å². The van der Waals surface area contributed by atoms with Gasteiger partial charge in [0.1, 0.15) is 6.10 Å². The molecule has 1 aliphatic heterocycles. The maximum absolute atomic E-state index is 11.9. The van der Waals surface area contributed by atoms with Crippen LogP contribution in [0.25, 0.3) is 0 Å². The first-order valence-electron chi connectivity index (χ1n) is 7.76. The van der Waals surface area contributed by atoms with Crippen LogP contribution in [0.5, 0.6) is 0 Å². The molecule has 1 heterocycles. The van der Waals surface area contributed by atoms with E-state index in [9.17, 15) is 4.79 Å². The van der Waals surface area contributed by atoms with Gasteiger partial charge in [0.25, 0.3) is 5.91 Å². The van der Waals surface area contributed by atoms with E-state index in [0.717, 1.165) is 0 Å². The lowest BCUT2D eigenvalue weighted by molar-refractivity contribution is -0.139. The summed E-state index contributed by atoms with van der Waals surface area (Å²) in [5, 5.41) is 2.95. The zero-order valence-corrected chi connectivity index (χ0v) is 15.3. The summed E-state index contributed by atoms with van der Waals surface area (Å²) in [5.41, 5.74) is 2.73. The van der Waals surface area contributed by atoms with E-state index in [1.165, 1.54) is 5.57 Å². The molecule has 1 amide bonds. The van der Waals surface area contributed by atoms with Crippen LogP contribution in [-0.4, -0.2) is 26.4 Å². The van der Waals surface area contributed by atoms with Gasteiger partial charge in [-0.3, -0.25) is 4.79 Å². The van der Waals surface area contributed by atoms with Gasteiger partial charge in [0.05, 0.1) is 6.04 Å². The summed E-state index contributed by atoms with van der Waals surface area (Å²) < 4.78 is 6.57. The molecular weight excluding hydrogens is 266 g/mol. The Bertz CT molecular complexity index is 362. The number of nitrogens with one attached hydrogen (secondary N) is 1. The van der Waals surface area contributed by atoms with Gasteiger partial charge in [0, 0.05) is 0 Å². The van der Waals surface area contributed by atoms with Crippen LogP contribution in [0.2, 0.25) is 16.6 Å². The average Bonchev–Trinajstić information content (AvgIpc) is 2.27. The van der Waals surface area contributed by atoms with Crippen molar-refractivity contribution in [2.45, 2.75) is 84.2 Å². The average molecular weight is 298 g/mol. The van der Waals surface area contributed by atoms with Gasteiger partial charge < -0.3 is 9.74 Å². The van der Waals surface area contributed by atoms with Gasteiger partial charge in [-0.05, 0) is 30.5 Å². The van der Waals surface area contributed by atoms with Gasteiger partial charge in [-0.15, -0.1) is 0 Å². The molecule has 0 saturated carbocycles. The molecule has 0 bridgehead atoms. The van der Waals surface area contributed by atoms with Gasteiger partial charge in [-0.25, -0.2) is 0 Å². The maximum atomic E-state index is 11.9. The van der Waals surface area contributed by atoms with E-state index in [1.54, 1.807) is 0 Å². The van der Waals surface area contributed by atoms with E-state index in [2.05, 4.69) is 66.8 Å². The zero-order valence-electron chi connectivity index (χ0n) is 14.3. The van der Waals surface area contributed by atoms with E-state index >= 15 is 0 Å². The molecule has 0 aromatic rings. The highest BCUT2D eigenvalue weighted by Crippen LogP contribution is 2.44. The largest absolute Gasteiger partial charge is 0.402 e. The molecule has 0 aromatic carbocycles. The molecule has 1 aliphatic rings. The van der Waals surface area contributed by atoms with Crippen LogP contribution in [-0.2, 0) is 9.22 Å². The number of β-lactam (4-membered cyclic amide) rings is 1. The number of hydrogen-bond acceptors (Lipinski definition) is 2. The van der Waals surface area contributed by atoms with Crippen molar-refractivity contribution in [1.82, 2.24) is 5.32 Å². The summed E-state index contributed by atoms with van der Waals surface area (Å²) in [6, 6.07) is 0.0515. The highest BCUT2D eigenvalue weighted by Gasteiger charge is 2.51. The Labute approximate surface area is 125 Å². The number of carbonyl (C=O) groups excluding carboxylic acids is 1. The van der Waals surface area contributed by atoms with Crippen molar-refractivity contribution in [3.05, 3.63) is 11.6 Å². The van der Waals surface area contributed by atoms with E-state index in [-0.39, 0.29) is 18.1 Å². The van der Waals surface area contributed by atoms with Crippen LogP contribution in [0.3, 0.4) is 0 Å². The maximum Gasteiger partial charge on any atom is 0.250 e. The number of amides is 1. The minimum atomic E-state index is -1.99. The molecule has 116 valence electrons. The third-order valence-electron chi connectivity index (χ3n) is 4.44. The Morgan fingerprint density at radius 3 is 1.85 bits per heavy atom. The summed E-state index contributed by atoms with van der Waals surface area (Å²) in [6.07, 6.45) is 1.82. The Morgan fingerprint density at radius 1 is 1.10 bits per heavy atom. The molecule has 0 radical (unpaired) electrons. The molecule has 2 unspecified atom stereocenters. The number of allylic oxidation sites excluding steroid dienone is 1. The van der Waals surface area contributed by atoms with Crippen LogP contribution in [0.4, 0.5) is 0 Å². The van der Waals surface area contributed by atoms with Gasteiger partial charge in [0.15, 0.2) is 0 Å². The van der Waals surface area contributed by atoms with E-state index in [0.29, 0.717) is 16.6 Å². The summed E-state index contributed by atoms with van der Waals surface area (Å²) in [4.78, 5) is 11.9. The predicted octanol–water partition coefficient (Wildman–Crippen LogP) is 4.01. The highest BCUT2D eigenvalue weighted by atomic mass is 28.4. The Kier molecular flexibility index (Phi) is 5.61. The molecule has 0 aromatic heterocycles. The predicted molar refractivity (Wildman–Crippen MR) is 87.3 cm³/mol. The fourth-order valence-electron chi connectivity index (χ4n) is 3.63. The molecule has 1 N–H and O–H groups in total. The molecule has 20 heavy (non-hydrogen) atoms.